The number of nitrogens with zero attached hydrogens (tertiary/aromatic N) is 3. The highest BCUT2D eigenvalue weighted by molar-refractivity contribution is 6.28. The largest absolute Gasteiger partial charge is 0.380 e. The first kappa shape index (κ1) is 12.6. The van der Waals surface area contributed by atoms with E-state index in [1.807, 2.05) is 11.8 Å². The molecule has 6 nitrogen and oxygen atoms in total. The second-order valence-corrected chi connectivity index (χ2v) is 5.08. The Kier molecular flexibility index (Phi) is 3.06. The minimum Gasteiger partial charge on any atom is -0.380 e. The van der Waals surface area contributed by atoms with E-state index in [0.29, 0.717) is 30.9 Å². The van der Waals surface area contributed by atoms with Crippen molar-refractivity contribution in [1.82, 2.24) is 9.97 Å². The van der Waals surface area contributed by atoms with E-state index in [1.54, 1.807) is 7.11 Å². The summed E-state index contributed by atoms with van der Waals surface area (Å²) in [4.78, 5) is 22.6. The first-order valence-corrected chi connectivity index (χ1v) is 6.68. The van der Waals surface area contributed by atoms with Gasteiger partial charge in [-0.05, 0) is 18.0 Å². The van der Waals surface area contributed by atoms with Gasteiger partial charge in [-0.3, -0.25) is 4.79 Å². The van der Waals surface area contributed by atoms with Crippen molar-refractivity contribution in [2.45, 2.75) is 31.9 Å². The monoisotopic (exact) mass is 282 g/mol. The molecule has 1 aromatic heterocycles. The number of nitrogens with one attached hydrogen (secondary N) is 1. The van der Waals surface area contributed by atoms with Gasteiger partial charge in [0, 0.05) is 20.1 Å². The molecule has 2 atom stereocenters. The molecular formula is C12H15ClN4O2. The highest BCUT2D eigenvalue weighted by Crippen LogP contribution is 2.38. The number of ether oxygens (including phenoxy) is 1. The fourth-order valence-electron chi connectivity index (χ4n) is 2.71. The van der Waals surface area contributed by atoms with Gasteiger partial charge < -0.3 is 15.0 Å². The normalized spacial score (nSPS) is 25.0. The quantitative estimate of drug-likeness (QED) is 0.827. The Morgan fingerprint density at radius 2 is 2.32 bits per heavy atom. The minimum absolute atomic E-state index is 0.0207. The number of aryl methyl sites for hydroxylation is 1. The molecule has 2 aliphatic rings. The van der Waals surface area contributed by atoms with Crippen LogP contribution in [0.1, 0.15) is 19.0 Å². The molecule has 102 valence electrons. The molecule has 7 heteroatoms. The van der Waals surface area contributed by atoms with Crippen molar-refractivity contribution in [3.63, 3.8) is 0 Å². The van der Waals surface area contributed by atoms with E-state index in [0.717, 1.165) is 5.69 Å². The lowest BCUT2D eigenvalue weighted by atomic mass is 10.1. The zero-order chi connectivity index (χ0) is 13.6. The molecule has 1 saturated heterocycles. The Balaban J connectivity index is 2.08. The predicted octanol–water partition coefficient (Wildman–Crippen LogP) is 1.24. The Morgan fingerprint density at radius 1 is 1.53 bits per heavy atom. The lowest BCUT2D eigenvalue weighted by Crippen LogP contribution is -2.45. The minimum atomic E-state index is -0.229. The summed E-state index contributed by atoms with van der Waals surface area (Å²) in [6.07, 6.45) is 1.41. The van der Waals surface area contributed by atoms with Crippen molar-refractivity contribution in [1.29, 1.82) is 0 Å². The topological polar surface area (TPSA) is 67.3 Å². The summed E-state index contributed by atoms with van der Waals surface area (Å²) in [6, 6.07) is -0.229. The number of hydrogen-bond acceptors (Lipinski definition) is 5. The van der Waals surface area contributed by atoms with Crippen LogP contribution in [0.3, 0.4) is 0 Å². The van der Waals surface area contributed by atoms with Gasteiger partial charge in [0.15, 0.2) is 5.82 Å². The smallest absolute Gasteiger partial charge is 0.247 e. The van der Waals surface area contributed by atoms with Gasteiger partial charge >= 0.3 is 0 Å². The van der Waals surface area contributed by atoms with Crippen LogP contribution < -0.4 is 10.2 Å². The fourth-order valence-corrected chi connectivity index (χ4v) is 2.90. The lowest BCUT2D eigenvalue weighted by Gasteiger charge is -2.32. The number of amides is 1. The number of anilines is 2. The van der Waals surface area contributed by atoms with E-state index in [-0.39, 0.29) is 23.3 Å². The number of fused-ring (bicyclic) bond motifs is 3. The van der Waals surface area contributed by atoms with E-state index >= 15 is 0 Å². The SMILES string of the molecule is CCc1nc(Cl)nc2c1NC(=O)[C@@H]1C[C@@H](OC)CN21. The van der Waals surface area contributed by atoms with Crippen LogP contribution >= 0.6 is 11.6 Å². The van der Waals surface area contributed by atoms with Crippen LogP contribution in [0.2, 0.25) is 5.28 Å². The van der Waals surface area contributed by atoms with E-state index < -0.39 is 0 Å². The van der Waals surface area contributed by atoms with E-state index in [2.05, 4.69) is 15.3 Å². The first-order valence-electron chi connectivity index (χ1n) is 6.30. The number of aromatic nitrogens is 2. The standard InChI is InChI=1S/C12H15ClN4O2/c1-3-7-9-10(16-12(13)14-7)17-5-6(19-2)4-8(17)11(18)15-9/h6,8H,3-5H2,1-2H3,(H,15,18)/t6-,8+/m1/s1. The van der Waals surface area contributed by atoms with Crippen molar-refractivity contribution in [3.05, 3.63) is 11.0 Å². The number of halogens is 1. The zero-order valence-electron chi connectivity index (χ0n) is 10.8. The second-order valence-electron chi connectivity index (χ2n) is 4.74. The van der Waals surface area contributed by atoms with Crippen LogP contribution in [0.4, 0.5) is 11.5 Å². The van der Waals surface area contributed by atoms with E-state index in [1.165, 1.54) is 0 Å². The summed E-state index contributed by atoms with van der Waals surface area (Å²) in [5.74, 6) is 0.689. The van der Waals surface area contributed by atoms with Crippen molar-refractivity contribution in [2.75, 3.05) is 23.9 Å². The van der Waals surface area contributed by atoms with Gasteiger partial charge in [0.2, 0.25) is 11.2 Å². The molecule has 0 saturated carbocycles. The Bertz CT molecular complexity index is 537. The maximum atomic E-state index is 12.2. The number of hydrogen-bond donors (Lipinski definition) is 1. The fraction of sp³-hybridized carbons (Fsp3) is 0.583. The molecule has 0 bridgehead atoms. The molecule has 0 aliphatic carbocycles. The molecule has 3 rings (SSSR count). The maximum Gasteiger partial charge on any atom is 0.247 e. The summed E-state index contributed by atoms with van der Waals surface area (Å²) >= 11 is 5.96. The molecule has 1 amide bonds. The van der Waals surface area contributed by atoms with Gasteiger partial charge in [0.05, 0.1) is 11.8 Å². The zero-order valence-corrected chi connectivity index (χ0v) is 11.6. The highest BCUT2D eigenvalue weighted by Gasteiger charge is 2.43. The summed E-state index contributed by atoms with van der Waals surface area (Å²) in [5.41, 5.74) is 1.45. The van der Waals surface area contributed by atoms with Crippen molar-refractivity contribution in [3.8, 4) is 0 Å². The summed E-state index contributed by atoms with van der Waals surface area (Å²) in [5, 5.41) is 3.12. The summed E-state index contributed by atoms with van der Waals surface area (Å²) in [7, 11) is 1.66. The van der Waals surface area contributed by atoms with Crippen molar-refractivity contribution in [2.24, 2.45) is 0 Å². The summed E-state index contributed by atoms with van der Waals surface area (Å²) in [6.45, 7) is 2.62. The van der Waals surface area contributed by atoms with Crippen LogP contribution in [-0.2, 0) is 16.0 Å². The van der Waals surface area contributed by atoms with Gasteiger partial charge in [0.1, 0.15) is 11.7 Å². The van der Waals surface area contributed by atoms with Crippen LogP contribution in [0.15, 0.2) is 0 Å². The molecule has 1 N–H and O–H groups in total. The van der Waals surface area contributed by atoms with Gasteiger partial charge in [-0.15, -0.1) is 0 Å². The number of carbonyl (C=O) groups is 1. The third-order valence-corrected chi connectivity index (χ3v) is 3.86. The van der Waals surface area contributed by atoms with Crippen LogP contribution in [-0.4, -0.2) is 41.7 Å². The molecule has 2 aliphatic heterocycles. The number of carbonyl (C=O) groups excluding carboxylic acids is 1. The molecule has 19 heavy (non-hydrogen) atoms. The molecule has 0 radical (unpaired) electrons. The van der Waals surface area contributed by atoms with Gasteiger partial charge in [-0.2, -0.15) is 4.98 Å². The van der Waals surface area contributed by atoms with Gasteiger partial charge in [0.25, 0.3) is 0 Å². The average Bonchev–Trinajstić information content (AvgIpc) is 2.84. The van der Waals surface area contributed by atoms with E-state index in [9.17, 15) is 4.79 Å². The third kappa shape index (κ3) is 1.95. The second kappa shape index (κ2) is 4.61. The highest BCUT2D eigenvalue weighted by atomic mass is 35.5. The maximum absolute atomic E-state index is 12.2. The summed E-state index contributed by atoms with van der Waals surface area (Å²) < 4.78 is 5.36. The van der Waals surface area contributed by atoms with Crippen molar-refractivity contribution >= 4 is 29.0 Å². The number of rotatable bonds is 2. The van der Waals surface area contributed by atoms with E-state index in [4.69, 9.17) is 16.3 Å². The molecule has 0 spiro atoms. The van der Waals surface area contributed by atoms with Gasteiger partial charge in [-0.1, -0.05) is 6.92 Å². The van der Waals surface area contributed by atoms with Crippen LogP contribution in [0, 0.1) is 0 Å². The Labute approximate surface area is 116 Å². The van der Waals surface area contributed by atoms with Crippen LogP contribution in [0.5, 0.6) is 0 Å². The van der Waals surface area contributed by atoms with Crippen molar-refractivity contribution < 1.29 is 9.53 Å². The molecule has 0 aromatic carbocycles. The molecule has 0 unspecified atom stereocenters. The third-order valence-electron chi connectivity index (χ3n) is 3.69. The molecule has 1 fully saturated rings. The molecular weight excluding hydrogens is 268 g/mol. The average molecular weight is 283 g/mol. The van der Waals surface area contributed by atoms with Crippen LogP contribution in [0.25, 0.3) is 0 Å². The molecule has 1 aromatic rings. The first-order chi connectivity index (χ1) is 9.13. The lowest BCUT2D eigenvalue weighted by molar-refractivity contribution is -0.117. The predicted molar refractivity (Wildman–Crippen MR) is 71.6 cm³/mol. The molecule has 3 heterocycles. The Morgan fingerprint density at radius 3 is 3.00 bits per heavy atom. The number of methoxy groups -OCH3 is 1. The van der Waals surface area contributed by atoms with Gasteiger partial charge in [-0.25, -0.2) is 4.98 Å². The Hall–Kier alpha value is -1.40.